The Balaban J connectivity index is 1.95. The molecule has 0 saturated carbocycles. The smallest absolute Gasteiger partial charge is 0.308 e. The van der Waals surface area contributed by atoms with Crippen LogP contribution in [0.25, 0.3) is 5.76 Å². The van der Waals surface area contributed by atoms with Crippen LogP contribution in [0.3, 0.4) is 0 Å². The van der Waals surface area contributed by atoms with Crippen LogP contribution in [0, 0.1) is 0 Å². The molecule has 1 atom stereocenters. The van der Waals surface area contributed by atoms with Crippen LogP contribution < -0.4 is 14.4 Å². The predicted octanol–water partition coefficient (Wildman–Crippen LogP) is 4.81. The number of benzene rings is 3. The second kappa shape index (κ2) is 9.85. The zero-order valence-corrected chi connectivity index (χ0v) is 19.6. The van der Waals surface area contributed by atoms with Crippen molar-refractivity contribution in [2.45, 2.75) is 26.3 Å². The van der Waals surface area contributed by atoms with Crippen molar-refractivity contribution in [3.05, 3.63) is 95.1 Å². The van der Waals surface area contributed by atoms with Crippen molar-refractivity contribution in [3.8, 4) is 11.5 Å². The lowest BCUT2D eigenvalue weighted by atomic mass is 9.94. The van der Waals surface area contributed by atoms with E-state index in [0.29, 0.717) is 17.0 Å². The van der Waals surface area contributed by atoms with Gasteiger partial charge in [-0.1, -0.05) is 43.3 Å². The molecule has 1 N–H and O–H groups in total. The van der Waals surface area contributed by atoms with Gasteiger partial charge in [-0.15, -0.1) is 0 Å². The van der Waals surface area contributed by atoms with E-state index >= 15 is 0 Å². The van der Waals surface area contributed by atoms with Crippen molar-refractivity contribution in [2.24, 2.45) is 0 Å². The van der Waals surface area contributed by atoms with Gasteiger partial charge in [0.05, 0.1) is 24.3 Å². The number of hydrogen-bond donors (Lipinski definition) is 1. The Hall–Kier alpha value is -4.39. The largest absolute Gasteiger partial charge is 0.507 e. The molecule has 1 amide bonds. The maximum Gasteiger partial charge on any atom is 0.308 e. The van der Waals surface area contributed by atoms with Crippen LogP contribution in [0.15, 0.2) is 78.4 Å². The molecule has 1 saturated heterocycles. The SMILES string of the molecule is CCc1ccc(N2C(=O)C(=O)/C(=C(\O)c3ccccc3OC)C2c2cccc(OC(C)=O)c2)cc1. The van der Waals surface area contributed by atoms with Gasteiger partial charge in [0.15, 0.2) is 0 Å². The first-order chi connectivity index (χ1) is 16.8. The molecule has 7 nitrogen and oxygen atoms in total. The summed E-state index contributed by atoms with van der Waals surface area (Å²) >= 11 is 0. The number of ketones is 1. The molecule has 0 spiro atoms. The van der Waals surface area contributed by atoms with Crippen LogP contribution in [-0.4, -0.2) is 29.9 Å². The van der Waals surface area contributed by atoms with Gasteiger partial charge in [0.2, 0.25) is 0 Å². The summed E-state index contributed by atoms with van der Waals surface area (Å²) in [4.78, 5) is 39.5. The molecule has 3 aromatic rings. The van der Waals surface area contributed by atoms with Gasteiger partial charge in [-0.25, -0.2) is 0 Å². The number of para-hydroxylation sites is 1. The van der Waals surface area contributed by atoms with Crippen molar-refractivity contribution in [2.75, 3.05) is 12.0 Å². The van der Waals surface area contributed by atoms with Gasteiger partial charge >= 0.3 is 5.97 Å². The van der Waals surface area contributed by atoms with Crippen LogP contribution in [0.5, 0.6) is 11.5 Å². The highest BCUT2D eigenvalue weighted by Gasteiger charge is 2.47. The van der Waals surface area contributed by atoms with Gasteiger partial charge in [0.1, 0.15) is 17.3 Å². The number of Topliss-reactive ketones (excluding diaryl/α,β-unsaturated/α-hetero) is 1. The number of nitrogens with zero attached hydrogens (tertiary/aromatic N) is 1. The summed E-state index contributed by atoms with van der Waals surface area (Å²) in [5.41, 5.74) is 2.28. The second-order valence-corrected chi connectivity index (χ2v) is 8.06. The first-order valence-electron chi connectivity index (χ1n) is 11.2. The molecule has 1 heterocycles. The number of anilines is 1. The van der Waals surface area contributed by atoms with Crippen LogP contribution in [0.1, 0.15) is 36.6 Å². The van der Waals surface area contributed by atoms with Crippen LogP contribution in [0.4, 0.5) is 5.69 Å². The number of ether oxygens (including phenoxy) is 2. The van der Waals surface area contributed by atoms with Crippen molar-refractivity contribution < 1.29 is 29.0 Å². The fourth-order valence-corrected chi connectivity index (χ4v) is 4.21. The molecule has 0 aromatic heterocycles. The summed E-state index contributed by atoms with van der Waals surface area (Å²) in [6.07, 6.45) is 0.820. The Kier molecular flexibility index (Phi) is 6.68. The summed E-state index contributed by atoms with van der Waals surface area (Å²) in [7, 11) is 1.46. The zero-order chi connectivity index (χ0) is 25.1. The Morgan fingerprint density at radius 1 is 1.00 bits per heavy atom. The fraction of sp³-hybridized carbons (Fsp3) is 0.179. The topological polar surface area (TPSA) is 93.1 Å². The van der Waals surface area contributed by atoms with Crippen molar-refractivity contribution in [1.82, 2.24) is 0 Å². The van der Waals surface area contributed by atoms with E-state index in [4.69, 9.17) is 9.47 Å². The molecule has 4 rings (SSSR count). The lowest BCUT2D eigenvalue weighted by Gasteiger charge is -2.26. The van der Waals surface area contributed by atoms with E-state index in [1.54, 1.807) is 60.7 Å². The van der Waals surface area contributed by atoms with E-state index in [9.17, 15) is 19.5 Å². The molecule has 178 valence electrons. The molecule has 1 aliphatic heterocycles. The van der Waals surface area contributed by atoms with Gasteiger partial charge in [-0.3, -0.25) is 19.3 Å². The lowest BCUT2D eigenvalue weighted by Crippen LogP contribution is -2.29. The van der Waals surface area contributed by atoms with E-state index < -0.39 is 23.7 Å². The number of aryl methyl sites for hydroxylation is 1. The first-order valence-corrected chi connectivity index (χ1v) is 11.2. The number of rotatable bonds is 6. The monoisotopic (exact) mass is 471 g/mol. The third-order valence-electron chi connectivity index (χ3n) is 5.86. The molecule has 0 bridgehead atoms. The molecule has 0 aliphatic carbocycles. The highest BCUT2D eigenvalue weighted by molar-refractivity contribution is 6.51. The average Bonchev–Trinajstić information content (AvgIpc) is 3.13. The Morgan fingerprint density at radius 2 is 1.71 bits per heavy atom. The standard InChI is InChI=1S/C28H25NO6/c1-4-18-12-14-20(15-13-18)29-25(19-8-7-9-21(16-19)35-17(2)30)24(27(32)28(29)33)26(31)22-10-5-6-11-23(22)34-3/h5-16,25,31H,4H2,1-3H3/b26-24-. The molecule has 3 aromatic carbocycles. The third kappa shape index (κ3) is 4.53. The maximum atomic E-state index is 13.3. The van der Waals surface area contributed by atoms with Crippen LogP contribution in [0.2, 0.25) is 0 Å². The first kappa shape index (κ1) is 23.8. The quantitative estimate of drug-likeness (QED) is 0.182. The predicted molar refractivity (Wildman–Crippen MR) is 131 cm³/mol. The summed E-state index contributed by atoms with van der Waals surface area (Å²) in [5, 5.41) is 11.3. The van der Waals surface area contributed by atoms with Gasteiger partial charge in [0.25, 0.3) is 11.7 Å². The highest BCUT2D eigenvalue weighted by atomic mass is 16.5. The minimum atomic E-state index is -0.956. The highest BCUT2D eigenvalue weighted by Crippen LogP contribution is 2.43. The third-order valence-corrected chi connectivity index (χ3v) is 5.86. The van der Waals surface area contributed by atoms with Crippen molar-refractivity contribution in [3.63, 3.8) is 0 Å². The minimum absolute atomic E-state index is 0.0842. The van der Waals surface area contributed by atoms with Crippen molar-refractivity contribution >= 4 is 29.1 Å². The number of carbonyl (C=O) groups is 3. The average molecular weight is 472 g/mol. The van der Waals surface area contributed by atoms with E-state index in [2.05, 4.69) is 0 Å². The van der Waals surface area contributed by atoms with Crippen LogP contribution in [-0.2, 0) is 20.8 Å². The number of esters is 1. The van der Waals surface area contributed by atoms with Gasteiger partial charge < -0.3 is 14.6 Å². The van der Waals surface area contributed by atoms with E-state index in [1.165, 1.54) is 18.9 Å². The molecule has 1 aliphatic rings. The number of amides is 1. The fourth-order valence-electron chi connectivity index (χ4n) is 4.21. The summed E-state index contributed by atoms with van der Waals surface area (Å²) in [6.45, 7) is 3.31. The summed E-state index contributed by atoms with van der Waals surface area (Å²) in [5.74, 6) is -1.82. The minimum Gasteiger partial charge on any atom is -0.507 e. The molecule has 1 fully saturated rings. The summed E-state index contributed by atoms with van der Waals surface area (Å²) in [6, 6.07) is 19.7. The molecule has 1 unspecified atom stereocenters. The van der Waals surface area contributed by atoms with Gasteiger partial charge in [-0.05, 0) is 53.9 Å². The Morgan fingerprint density at radius 3 is 2.37 bits per heavy atom. The number of aliphatic hydroxyl groups excluding tert-OH is 1. The van der Waals surface area contributed by atoms with Gasteiger partial charge in [-0.2, -0.15) is 0 Å². The Bertz CT molecular complexity index is 1330. The van der Waals surface area contributed by atoms with E-state index in [1.807, 2.05) is 19.1 Å². The van der Waals surface area contributed by atoms with E-state index in [0.717, 1.165) is 12.0 Å². The lowest BCUT2D eigenvalue weighted by molar-refractivity contribution is -0.132. The number of methoxy groups -OCH3 is 1. The van der Waals surface area contributed by atoms with Crippen LogP contribution >= 0.6 is 0 Å². The van der Waals surface area contributed by atoms with Gasteiger partial charge in [0, 0.05) is 12.6 Å². The molecular formula is C28H25NO6. The molecular weight excluding hydrogens is 446 g/mol. The van der Waals surface area contributed by atoms with Crippen molar-refractivity contribution in [1.29, 1.82) is 0 Å². The number of aliphatic hydroxyl groups is 1. The number of carbonyl (C=O) groups excluding carboxylic acids is 3. The molecule has 7 heteroatoms. The number of hydrogen-bond acceptors (Lipinski definition) is 6. The molecule has 35 heavy (non-hydrogen) atoms. The second-order valence-electron chi connectivity index (χ2n) is 8.06. The molecule has 0 radical (unpaired) electrons. The maximum absolute atomic E-state index is 13.3. The van der Waals surface area contributed by atoms with E-state index in [-0.39, 0.29) is 22.6 Å². The normalized spacial score (nSPS) is 16.9. The Labute approximate surface area is 203 Å². The summed E-state index contributed by atoms with van der Waals surface area (Å²) < 4.78 is 10.6. The zero-order valence-electron chi connectivity index (χ0n) is 19.6.